The smallest absolute Gasteiger partial charge is 0.414 e. The Morgan fingerprint density at radius 3 is 2.47 bits per heavy atom. The van der Waals surface area contributed by atoms with Gasteiger partial charge in [-0.25, -0.2) is 4.79 Å². The summed E-state index contributed by atoms with van der Waals surface area (Å²) in [5.41, 5.74) is 2.21. The lowest BCUT2D eigenvalue weighted by molar-refractivity contribution is 0.139. The minimum atomic E-state index is -0.228. The molecule has 0 saturated carbocycles. The molecule has 1 amide bonds. The first kappa shape index (κ1) is 12.0. The molecule has 0 aliphatic carbocycles. The number of carbonyl (C=O) groups is 1. The molecule has 17 heavy (non-hydrogen) atoms. The molecule has 1 aromatic rings. The van der Waals surface area contributed by atoms with E-state index in [0.29, 0.717) is 12.5 Å². The summed E-state index contributed by atoms with van der Waals surface area (Å²) in [6.07, 6.45) is 0.674. The third kappa shape index (κ3) is 2.43. The Kier molecular flexibility index (Phi) is 3.36. The number of hydrogen-bond donors (Lipinski definition) is 0. The van der Waals surface area contributed by atoms with Crippen LogP contribution in [-0.4, -0.2) is 18.7 Å². The summed E-state index contributed by atoms with van der Waals surface area (Å²) in [6, 6.07) is 8.14. The van der Waals surface area contributed by atoms with Crippen LogP contribution in [0.2, 0.25) is 0 Å². The number of rotatable bonds is 3. The maximum absolute atomic E-state index is 11.7. The van der Waals surface area contributed by atoms with Crippen LogP contribution in [0.3, 0.4) is 0 Å². The van der Waals surface area contributed by atoms with Gasteiger partial charge in [0.25, 0.3) is 0 Å². The van der Waals surface area contributed by atoms with E-state index in [1.807, 2.05) is 19.1 Å². The van der Waals surface area contributed by atoms with E-state index in [1.54, 1.807) is 4.90 Å². The Morgan fingerprint density at radius 2 is 2.00 bits per heavy atom. The fourth-order valence-corrected chi connectivity index (χ4v) is 1.98. The third-order valence-corrected chi connectivity index (χ3v) is 3.20. The van der Waals surface area contributed by atoms with E-state index in [1.165, 1.54) is 5.56 Å². The molecule has 1 fully saturated rings. The van der Waals surface area contributed by atoms with Crippen molar-refractivity contribution < 1.29 is 9.53 Å². The van der Waals surface area contributed by atoms with Gasteiger partial charge in [-0.2, -0.15) is 0 Å². The number of ether oxygens (including phenoxy) is 1. The van der Waals surface area contributed by atoms with Crippen LogP contribution in [0.1, 0.15) is 38.7 Å². The lowest BCUT2D eigenvalue weighted by Crippen LogP contribution is -2.24. The van der Waals surface area contributed by atoms with Crippen molar-refractivity contribution in [2.45, 2.75) is 39.2 Å². The second kappa shape index (κ2) is 4.78. The van der Waals surface area contributed by atoms with Crippen molar-refractivity contribution in [2.24, 2.45) is 0 Å². The summed E-state index contributed by atoms with van der Waals surface area (Å²) in [5.74, 6) is 0.512. The van der Waals surface area contributed by atoms with Gasteiger partial charge >= 0.3 is 6.09 Å². The molecule has 0 radical (unpaired) electrons. The Bertz CT molecular complexity index is 397. The number of hydrogen-bond acceptors (Lipinski definition) is 2. The molecule has 92 valence electrons. The van der Waals surface area contributed by atoms with Crippen LogP contribution in [0.5, 0.6) is 0 Å². The predicted molar refractivity (Wildman–Crippen MR) is 68.4 cm³/mol. The van der Waals surface area contributed by atoms with Gasteiger partial charge in [-0.1, -0.05) is 32.9 Å². The number of anilines is 1. The van der Waals surface area contributed by atoms with Gasteiger partial charge in [0, 0.05) is 5.69 Å². The SMILES string of the molecule is CCC1CN(c2ccc(C(C)C)cc2)C(=O)O1. The maximum Gasteiger partial charge on any atom is 0.414 e. The van der Waals surface area contributed by atoms with Crippen LogP contribution in [0.15, 0.2) is 24.3 Å². The molecule has 1 aliphatic rings. The fourth-order valence-electron chi connectivity index (χ4n) is 1.98. The van der Waals surface area contributed by atoms with Crippen LogP contribution in [0, 0.1) is 0 Å². The number of nitrogens with zero attached hydrogens (tertiary/aromatic N) is 1. The van der Waals surface area contributed by atoms with Crippen molar-refractivity contribution in [1.82, 2.24) is 0 Å². The summed E-state index contributed by atoms with van der Waals surface area (Å²) < 4.78 is 5.24. The van der Waals surface area contributed by atoms with E-state index in [0.717, 1.165) is 12.1 Å². The summed E-state index contributed by atoms with van der Waals surface area (Å²) in [7, 11) is 0. The van der Waals surface area contributed by atoms with Gasteiger partial charge in [-0.3, -0.25) is 4.90 Å². The molecular formula is C14H19NO2. The highest BCUT2D eigenvalue weighted by molar-refractivity contribution is 5.89. The van der Waals surface area contributed by atoms with E-state index >= 15 is 0 Å². The lowest BCUT2D eigenvalue weighted by Gasteiger charge is -2.14. The number of cyclic esters (lactones) is 1. The zero-order chi connectivity index (χ0) is 12.4. The topological polar surface area (TPSA) is 29.5 Å². The highest BCUT2D eigenvalue weighted by Crippen LogP contribution is 2.24. The van der Waals surface area contributed by atoms with E-state index < -0.39 is 0 Å². The van der Waals surface area contributed by atoms with Gasteiger partial charge in [0.05, 0.1) is 6.54 Å². The zero-order valence-electron chi connectivity index (χ0n) is 10.6. The third-order valence-electron chi connectivity index (χ3n) is 3.20. The fraction of sp³-hybridized carbons (Fsp3) is 0.500. The van der Waals surface area contributed by atoms with Gasteiger partial charge in [0.1, 0.15) is 6.10 Å². The molecule has 1 aliphatic heterocycles. The molecule has 1 atom stereocenters. The first-order chi connectivity index (χ1) is 8.11. The molecule has 0 spiro atoms. The quantitative estimate of drug-likeness (QED) is 0.799. The first-order valence-corrected chi connectivity index (χ1v) is 6.20. The average molecular weight is 233 g/mol. The summed E-state index contributed by atoms with van der Waals surface area (Å²) >= 11 is 0. The van der Waals surface area contributed by atoms with Gasteiger partial charge in [-0.05, 0) is 30.0 Å². The summed E-state index contributed by atoms with van der Waals surface area (Å²) in [5, 5.41) is 0. The lowest BCUT2D eigenvalue weighted by atomic mass is 10.0. The molecule has 0 bridgehead atoms. The van der Waals surface area contributed by atoms with Crippen molar-refractivity contribution in [2.75, 3.05) is 11.4 Å². The second-order valence-corrected chi connectivity index (χ2v) is 4.77. The van der Waals surface area contributed by atoms with Crippen LogP contribution in [0.25, 0.3) is 0 Å². The minimum absolute atomic E-state index is 0.0345. The highest BCUT2D eigenvalue weighted by Gasteiger charge is 2.30. The average Bonchev–Trinajstić information content (AvgIpc) is 2.71. The van der Waals surface area contributed by atoms with Crippen molar-refractivity contribution in [3.8, 4) is 0 Å². The molecule has 1 heterocycles. The molecule has 0 N–H and O–H groups in total. The molecule has 1 aromatic carbocycles. The number of amides is 1. The Balaban J connectivity index is 2.15. The first-order valence-electron chi connectivity index (χ1n) is 6.20. The van der Waals surface area contributed by atoms with E-state index in [2.05, 4.69) is 26.0 Å². The molecule has 1 unspecified atom stereocenters. The second-order valence-electron chi connectivity index (χ2n) is 4.77. The molecule has 0 aromatic heterocycles. The van der Waals surface area contributed by atoms with E-state index in [9.17, 15) is 4.79 Å². The Hall–Kier alpha value is -1.51. The van der Waals surface area contributed by atoms with Crippen molar-refractivity contribution in [1.29, 1.82) is 0 Å². The van der Waals surface area contributed by atoms with Crippen LogP contribution in [0.4, 0.5) is 10.5 Å². The van der Waals surface area contributed by atoms with E-state index in [-0.39, 0.29) is 12.2 Å². The Labute approximate surface area is 102 Å². The van der Waals surface area contributed by atoms with Gasteiger partial charge in [-0.15, -0.1) is 0 Å². The zero-order valence-corrected chi connectivity index (χ0v) is 10.6. The van der Waals surface area contributed by atoms with Crippen LogP contribution < -0.4 is 4.90 Å². The highest BCUT2D eigenvalue weighted by atomic mass is 16.6. The molecular weight excluding hydrogens is 214 g/mol. The normalized spacial score (nSPS) is 19.9. The van der Waals surface area contributed by atoms with Crippen molar-refractivity contribution in [3.63, 3.8) is 0 Å². The van der Waals surface area contributed by atoms with Crippen molar-refractivity contribution in [3.05, 3.63) is 29.8 Å². The largest absolute Gasteiger partial charge is 0.444 e. The molecule has 3 heteroatoms. The van der Waals surface area contributed by atoms with Crippen LogP contribution >= 0.6 is 0 Å². The number of benzene rings is 1. The summed E-state index contributed by atoms with van der Waals surface area (Å²) in [6.45, 7) is 7.01. The predicted octanol–water partition coefficient (Wildman–Crippen LogP) is 3.55. The van der Waals surface area contributed by atoms with Gasteiger partial charge in [0.2, 0.25) is 0 Å². The van der Waals surface area contributed by atoms with Gasteiger partial charge < -0.3 is 4.74 Å². The van der Waals surface area contributed by atoms with Gasteiger partial charge in [0.15, 0.2) is 0 Å². The molecule has 1 saturated heterocycles. The monoisotopic (exact) mass is 233 g/mol. The van der Waals surface area contributed by atoms with Crippen molar-refractivity contribution >= 4 is 11.8 Å². The Morgan fingerprint density at radius 1 is 1.35 bits per heavy atom. The molecule has 3 nitrogen and oxygen atoms in total. The maximum atomic E-state index is 11.7. The summed E-state index contributed by atoms with van der Waals surface area (Å²) in [4.78, 5) is 13.4. The number of carbonyl (C=O) groups excluding carboxylic acids is 1. The van der Waals surface area contributed by atoms with E-state index in [4.69, 9.17) is 4.74 Å². The molecule has 2 rings (SSSR count). The standard InChI is InChI=1S/C14H19NO2/c1-4-13-9-15(14(16)17-13)12-7-5-11(6-8-12)10(2)3/h5-8,10,13H,4,9H2,1-3H3. The minimum Gasteiger partial charge on any atom is -0.444 e. The van der Waals surface area contributed by atoms with Crippen LogP contribution in [-0.2, 0) is 4.74 Å².